The molecule has 0 radical (unpaired) electrons. The summed E-state index contributed by atoms with van der Waals surface area (Å²) in [6, 6.07) is 18.9. The van der Waals surface area contributed by atoms with Crippen molar-refractivity contribution in [3.63, 3.8) is 0 Å². The highest BCUT2D eigenvalue weighted by atomic mass is 14.2. The first-order valence-electron chi connectivity index (χ1n) is 5.42. The molecule has 0 fully saturated rings. The first-order chi connectivity index (χ1) is 8.42. The molecule has 0 aromatic heterocycles. The maximum absolute atomic E-state index is 6.50. The second-order valence-corrected chi connectivity index (χ2v) is 3.52. The molecule has 2 aromatic rings. The van der Waals surface area contributed by atoms with E-state index in [1.54, 1.807) is 0 Å². The molecule has 0 aliphatic carbocycles. The zero-order valence-corrected chi connectivity index (χ0v) is 9.71. The highest BCUT2D eigenvalue weighted by Gasteiger charge is 2.01. The summed E-state index contributed by atoms with van der Waals surface area (Å²) in [6.07, 6.45) is 2.87. The minimum Gasteiger partial charge on any atom is -0.202 e. The minimum atomic E-state index is 0.922. The van der Waals surface area contributed by atoms with Gasteiger partial charge in [0.15, 0.2) is 0 Å². The summed E-state index contributed by atoms with van der Waals surface area (Å²) in [5.74, 6) is 0. The molecule has 0 saturated heterocycles. The Labute approximate surface area is 103 Å². The van der Waals surface area contributed by atoms with Crippen LogP contribution in [0.15, 0.2) is 67.3 Å². The number of nitriles is 1. The van der Waals surface area contributed by atoms with Crippen molar-refractivity contribution in [1.29, 1.82) is 5.26 Å². The highest BCUT2D eigenvalue weighted by molar-refractivity contribution is 5.67. The molecule has 0 saturated carbocycles. The number of hydrogen-bond donors (Lipinski definition) is 0. The molecule has 1 heteroatoms. The van der Waals surface area contributed by atoms with Gasteiger partial charge in [-0.2, -0.15) is 0 Å². The molecule has 0 amide bonds. The lowest BCUT2D eigenvalue weighted by atomic mass is 9.98. The Morgan fingerprint density at radius 1 is 0.941 bits per heavy atom. The first kappa shape index (κ1) is 12.7. The first-order valence-corrected chi connectivity index (χ1v) is 5.42. The fourth-order valence-electron chi connectivity index (χ4n) is 1.75. The van der Waals surface area contributed by atoms with Gasteiger partial charge in [0.05, 0.1) is 0 Å². The third-order valence-electron chi connectivity index (χ3n) is 2.47. The van der Waals surface area contributed by atoms with E-state index in [1.807, 2.05) is 12.1 Å². The van der Waals surface area contributed by atoms with Crippen LogP contribution >= 0.6 is 0 Å². The van der Waals surface area contributed by atoms with Crippen LogP contribution in [0, 0.1) is 11.8 Å². The van der Waals surface area contributed by atoms with Crippen molar-refractivity contribution in [1.82, 2.24) is 0 Å². The predicted molar refractivity (Wildman–Crippen MR) is 72.4 cm³/mol. The van der Waals surface area contributed by atoms with Gasteiger partial charge in [0.1, 0.15) is 0 Å². The van der Waals surface area contributed by atoms with Crippen molar-refractivity contribution >= 4 is 0 Å². The maximum atomic E-state index is 6.50. The molecule has 84 valence electrons. The topological polar surface area (TPSA) is 23.8 Å². The zero-order chi connectivity index (χ0) is 12.5. The zero-order valence-electron chi connectivity index (χ0n) is 9.71. The summed E-state index contributed by atoms with van der Waals surface area (Å²) in [6.45, 7) is 7.29. The van der Waals surface area contributed by atoms with Gasteiger partial charge in [-0.05, 0) is 23.1 Å². The molecule has 0 N–H and O–H groups in total. The molecule has 1 nitrogen and oxygen atoms in total. The molecule has 0 unspecified atom stereocenters. The average molecular weight is 221 g/mol. The van der Waals surface area contributed by atoms with Crippen LogP contribution in [0.1, 0.15) is 5.56 Å². The van der Waals surface area contributed by atoms with E-state index < -0.39 is 0 Å². The molecular formula is C16H15N. The van der Waals surface area contributed by atoms with E-state index in [-0.39, 0.29) is 0 Å². The number of benzene rings is 2. The Hall–Kier alpha value is -2.33. The van der Waals surface area contributed by atoms with Crippen LogP contribution < -0.4 is 0 Å². The van der Waals surface area contributed by atoms with Gasteiger partial charge in [-0.15, -0.1) is 6.58 Å². The van der Waals surface area contributed by atoms with Crippen LogP contribution in [-0.2, 0) is 6.42 Å². The Bertz CT molecular complexity index is 483. The summed E-state index contributed by atoms with van der Waals surface area (Å²) in [5.41, 5.74) is 3.91. The van der Waals surface area contributed by atoms with Crippen LogP contribution in [0.5, 0.6) is 0 Å². The summed E-state index contributed by atoms with van der Waals surface area (Å²) >= 11 is 0. The second kappa shape index (κ2) is 7.03. The van der Waals surface area contributed by atoms with Crippen molar-refractivity contribution in [2.75, 3.05) is 0 Å². The van der Waals surface area contributed by atoms with Crippen molar-refractivity contribution in [2.24, 2.45) is 0 Å². The average Bonchev–Trinajstić information content (AvgIpc) is 2.43. The molecule has 2 rings (SSSR count). The lowest BCUT2D eigenvalue weighted by Crippen LogP contribution is -1.86. The van der Waals surface area contributed by atoms with E-state index in [0.29, 0.717) is 0 Å². The fraction of sp³-hybridized carbons (Fsp3) is 0.0625. The molecular weight excluding hydrogens is 206 g/mol. The molecule has 0 bridgehead atoms. The van der Waals surface area contributed by atoms with Gasteiger partial charge in [0, 0.05) is 6.57 Å². The van der Waals surface area contributed by atoms with Gasteiger partial charge in [-0.3, -0.25) is 0 Å². The van der Waals surface area contributed by atoms with Crippen LogP contribution in [0.25, 0.3) is 11.1 Å². The Balaban J connectivity index is 0.000000686. The number of hydrogen-bond acceptors (Lipinski definition) is 1. The largest absolute Gasteiger partial charge is 0.202 e. The molecule has 0 atom stereocenters. The van der Waals surface area contributed by atoms with Crippen molar-refractivity contribution in [2.45, 2.75) is 6.42 Å². The summed E-state index contributed by atoms with van der Waals surface area (Å²) < 4.78 is 0. The predicted octanol–water partition coefficient (Wildman–Crippen LogP) is 4.22. The Morgan fingerprint density at radius 3 is 2.18 bits per heavy atom. The lowest BCUT2D eigenvalue weighted by Gasteiger charge is -2.07. The maximum Gasteiger partial charge on any atom is 0.0462 e. The van der Waals surface area contributed by atoms with Gasteiger partial charge in [-0.1, -0.05) is 60.7 Å². The molecule has 2 aromatic carbocycles. The van der Waals surface area contributed by atoms with Crippen molar-refractivity contribution in [3.8, 4) is 17.7 Å². The van der Waals surface area contributed by atoms with Crippen LogP contribution in [0.2, 0.25) is 0 Å². The van der Waals surface area contributed by atoms with E-state index in [9.17, 15) is 0 Å². The van der Waals surface area contributed by atoms with Crippen LogP contribution in [0.3, 0.4) is 0 Å². The van der Waals surface area contributed by atoms with E-state index in [2.05, 4.69) is 61.7 Å². The monoisotopic (exact) mass is 221 g/mol. The van der Waals surface area contributed by atoms with E-state index >= 15 is 0 Å². The molecule has 0 aliphatic heterocycles. The highest BCUT2D eigenvalue weighted by Crippen LogP contribution is 2.23. The second-order valence-electron chi connectivity index (χ2n) is 3.52. The van der Waals surface area contributed by atoms with Gasteiger partial charge >= 0.3 is 0 Å². The smallest absolute Gasteiger partial charge is 0.0462 e. The fourth-order valence-corrected chi connectivity index (χ4v) is 1.75. The molecule has 0 spiro atoms. The number of nitrogens with zero attached hydrogens (tertiary/aromatic N) is 1. The van der Waals surface area contributed by atoms with Crippen LogP contribution in [-0.4, -0.2) is 0 Å². The number of rotatable bonds is 3. The molecule has 17 heavy (non-hydrogen) atoms. The lowest BCUT2D eigenvalue weighted by molar-refractivity contribution is 1.28. The van der Waals surface area contributed by atoms with Gasteiger partial charge < -0.3 is 0 Å². The van der Waals surface area contributed by atoms with E-state index in [0.717, 1.165) is 6.42 Å². The van der Waals surface area contributed by atoms with Crippen LogP contribution in [0.4, 0.5) is 0 Å². The number of allylic oxidation sites excluding steroid dienone is 1. The SMILES string of the molecule is C#N.C=CCc1ccccc1-c1ccccc1. The summed E-state index contributed by atoms with van der Waals surface area (Å²) in [5, 5.41) is 6.50. The van der Waals surface area contributed by atoms with Crippen molar-refractivity contribution < 1.29 is 0 Å². The third-order valence-corrected chi connectivity index (χ3v) is 2.47. The minimum absolute atomic E-state index is 0.922. The Morgan fingerprint density at radius 2 is 1.53 bits per heavy atom. The van der Waals surface area contributed by atoms with Gasteiger partial charge in [0.25, 0.3) is 0 Å². The summed E-state index contributed by atoms with van der Waals surface area (Å²) in [4.78, 5) is 0. The Kier molecular flexibility index (Phi) is 5.27. The van der Waals surface area contributed by atoms with Gasteiger partial charge in [0.2, 0.25) is 0 Å². The third kappa shape index (κ3) is 3.32. The normalized spacial score (nSPS) is 8.82. The quantitative estimate of drug-likeness (QED) is 0.712. The van der Waals surface area contributed by atoms with E-state index in [4.69, 9.17) is 5.26 Å². The summed E-state index contributed by atoms with van der Waals surface area (Å²) in [7, 11) is 0. The van der Waals surface area contributed by atoms with Gasteiger partial charge in [-0.25, -0.2) is 5.26 Å². The molecule has 0 aliphatic rings. The van der Waals surface area contributed by atoms with E-state index in [1.165, 1.54) is 16.7 Å². The molecule has 0 heterocycles. The standard InChI is InChI=1S/C15H14.CHN/c1-2-8-13-11-6-7-12-15(13)14-9-4-3-5-10-14;1-2/h2-7,9-12H,1,8H2;1H. The van der Waals surface area contributed by atoms with Crippen molar-refractivity contribution in [3.05, 3.63) is 72.8 Å².